The zero-order chi connectivity index (χ0) is 22.6. The molecule has 0 aliphatic carbocycles. The minimum atomic E-state index is -0.217. The number of thioether (sulfide) groups is 1. The lowest BCUT2D eigenvalue weighted by Gasteiger charge is -2.17. The van der Waals surface area contributed by atoms with Crippen LogP contribution in [0.5, 0.6) is 5.88 Å². The normalized spacial score (nSPS) is 11.3. The number of aliphatic imine (C=N–C) groups is 1. The summed E-state index contributed by atoms with van der Waals surface area (Å²) < 4.78 is 5.51. The lowest BCUT2D eigenvalue weighted by molar-refractivity contribution is 0.243. The molecular formula is C24H28N4O2S. The highest BCUT2D eigenvalue weighted by Crippen LogP contribution is 2.43. The molecule has 1 aromatic carbocycles. The molecule has 31 heavy (non-hydrogen) atoms. The van der Waals surface area contributed by atoms with Gasteiger partial charge in [0.05, 0.1) is 18.7 Å². The third-order valence-electron chi connectivity index (χ3n) is 4.34. The summed E-state index contributed by atoms with van der Waals surface area (Å²) in [6.45, 7) is 11.9. The minimum absolute atomic E-state index is 0.217. The third-order valence-corrected chi connectivity index (χ3v) is 5.34. The third kappa shape index (κ3) is 6.33. The Balaban J connectivity index is 2.61. The van der Waals surface area contributed by atoms with E-state index in [9.17, 15) is 4.79 Å². The first-order valence-corrected chi connectivity index (χ1v) is 10.8. The van der Waals surface area contributed by atoms with E-state index in [2.05, 4.69) is 40.0 Å². The fourth-order valence-corrected chi connectivity index (χ4v) is 3.88. The molecule has 0 atom stereocenters. The molecule has 2 amide bonds. The van der Waals surface area contributed by atoms with Gasteiger partial charge < -0.3 is 15.4 Å². The molecule has 162 valence electrons. The van der Waals surface area contributed by atoms with E-state index in [1.165, 1.54) is 11.8 Å². The van der Waals surface area contributed by atoms with E-state index in [4.69, 9.17) is 4.74 Å². The summed E-state index contributed by atoms with van der Waals surface area (Å²) in [6, 6.07) is 7.66. The Labute approximate surface area is 188 Å². The number of nitrogens with zero attached hydrogens (tertiary/aromatic N) is 2. The van der Waals surface area contributed by atoms with Crippen molar-refractivity contribution in [1.29, 1.82) is 0 Å². The molecule has 0 aliphatic heterocycles. The first-order chi connectivity index (χ1) is 15.1. The van der Waals surface area contributed by atoms with Crippen molar-refractivity contribution in [3.8, 4) is 17.0 Å². The van der Waals surface area contributed by atoms with E-state index >= 15 is 0 Å². The largest absolute Gasteiger partial charge is 0.481 e. The van der Waals surface area contributed by atoms with Crippen molar-refractivity contribution >= 4 is 35.8 Å². The number of benzene rings is 1. The summed E-state index contributed by atoms with van der Waals surface area (Å²) in [5, 5.41) is 5.56. The number of urea groups is 1. The Morgan fingerprint density at radius 1 is 1.32 bits per heavy atom. The average Bonchev–Trinajstić information content (AvgIpc) is 2.79. The number of hydrogen-bond donors (Lipinski definition) is 2. The summed E-state index contributed by atoms with van der Waals surface area (Å²) >= 11 is 1.47. The van der Waals surface area contributed by atoms with Crippen LogP contribution in [-0.4, -0.2) is 37.3 Å². The predicted octanol–water partition coefficient (Wildman–Crippen LogP) is 5.60. The Kier molecular flexibility index (Phi) is 9.58. The first-order valence-electron chi connectivity index (χ1n) is 9.83. The van der Waals surface area contributed by atoms with Crippen molar-refractivity contribution in [3.63, 3.8) is 0 Å². The van der Waals surface area contributed by atoms with Crippen molar-refractivity contribution < 1.29 is 9.53 Å². The lowest BCUT2D eigenvalue weighted by atomic mass is 9.97. The number of nitrogens with one attached hydrogen (secondary N) is 2. The van der Waals surface area contributed by atoms with Crippen LogP contribution in [-0.2, 0) is 0 Å². The first kappa shape index (κ1) is 24.0. The van der Waals surface area contributed by atoms with Gasteiger partial charge in [-0.2, -0.15) is 0 Å². The van der Waals surface area contributed by atoms with Gasteiger partial charge in [0.25, 0.3) is 0 Å². The van der Waals surface area contributed by atoms with Gasteiger partial charge in [0.15, 0.2) is 0 Å². The Hall–Kier alpha value is -3.32. The predicted molar refractivity (Wildman–Crippen MR) is 131 cm³/mol. The zero-order valence-electron chi connectivity index (χ0n) is 18.1. The number of allylic oxidation sites excluding steroid dienone is 5. The molecule has 7 heteroatoms. The van der Waals surface area contributed by atoms with E-state index < -0.39 is 0 Å². The highest BCUT2D eigenvalue weighted by molar-refractivity contribution is 7.99. The molecule has 2 rings (SSSR count). The van der Waals surface area contributed by atoms with Gasteiger partial charge in [0.2, 0.25) is 5.88 Å². The molecule has 1 heterocycles. The molecule has 0 saturated carbocycles. The molecule has 6 nitrogen and oxygen atoms in total. The fourth-order valence-electron chi connectivity index (χ4n) is 2.94. The van der Waals surface area contributed by atoms with Crippen molar-refractivity contribution in [2.75, 3.05) is 19.5 Å². The van der Waals surface area contributed by atoms with E-state index in [-0.39, 0.29) is 6.03 Å². The Bertz CT molecular complexity index is 999. The van der Waals surface area contributed by atoms with Crippen molar-refractivity contribution in [2.24, 2.45) is 4.99 Å². The molecule has 1 aromatic heterocycles. The van der Waals surface area contributed by atoms with E-state index in [0.29, 0.717) is 24.0 Å². The SMILES string of the molecule is C=C/C=C\C(=C/C)c1cc(N=C)c(SCNC(=O)NCC)c(-c2cccnc2OC)c1. The molecule has 2 N–H and O–H groups in total. The maximum Gasteiger partial charge on any atom is 0.315 e. The average molecular weight is 437 g/mol. The lowest BCUT2D eigenvalue weighted by Crippen LogP contribution is -2.34. The van der Waals surface area contributed by atoms with Crippen molar-refractivity contribution in [3.05, 3.63) is 66.9 Å². The molecule has 0 fully saturated rings. The smallest absolute Gasteiger partial charge is 0.315 e. The number of carbonyl (C=O) groups excluding carboxylic acids is 1. The van der Waals surface area contributed by atoms with Crippen LogP contribution in [0.15, 0.2) is 71.2 Å². The number of carbonyl (C=O) groups is 1. The van der Waals surface area contributed by atoms with Crippen LogP contribution in [0.4, 0.5) is 10.5 Å². The van der Waals surface area contributed by atoms with Gasteiger partial charge in [0, 0.05) is 28.8 Å². The number of pyridine rings is 1. The second kappa shape index (κ2) is 12.4. The van der Waals surface area contributed by atoms with Crippen LogP contribution in [0.1, 0.15) is 19.4 Å². The van der Waals surface area contributed by atoms with Crippen LogP contribution in [0.2, 0.25) is 0 Å². The highest BCUT2D eigenvalue weighted by Gasteiger charge is 2.17. The molecule has 0 bridgehead atoms. The van der Waals surface area contributed by atoms with Crippen LogP contribution in [0.3, 0.4) is 0 Å². The highest BCUT2D eigenvalue weighted by atomic mass is 32.2. The van der Waals surface area contributed by atoms with Crippen molar-refractivity contribution in [1.82, 2.24) is 15.6 Å². The van der Waals surface area contributed by atoms with Gasteiger partial charge in [0.1, 0.15) is 0 Å². The number of aromatic nitrogens is 1. The summed E-state index contributed by atoms with van der Waals surface area (Å²) in [5.41, 5.74) is 4.45. The summed E-state index contributed by atoms with van der Waals surface area (Å²) in [7, 11) is 1.59. The molecule has 0 saturated heterocycles. The molecular weight excluding hydrogens is 408 g/mol. The Morgan fingerprint density at radius 2 is 2.13 bits per heavy atom. The van der Waals surface area contributed by atoms with Crippen molar-refractivity contribution in [2.45, 2.75) is 18.7 Å². The van der Waals surface area contributed by atoms with E-state index in [1.807, 2.05) is 50.3 Å². The number of ether oxygens (including phenoxy) is 1. The fraction of sp³-hybridized carbons (Fsp3) is 0.208. The number of methoxy groups -OCH3 is 1. The van der Waals surface area contributed by atoms with Gasteiger partial charge in [-0.15, -0.1) is 11.8 Å². The molecule has 0 aliphatic rings. The summed E-state index contributed by atoms with van der Waals surface area (Å²) in [4.78, 5) is 21.3. The molecule has 2 aromatic rings. The van der Waals surface area contributed by atoms with Gasteiger partial charge >= 0.3 is 6.03 Å². The van der Waals surface area contributed by atoms with Gasteiger partial charge in [-0.1, -0.05) is 30.9 Å². The molecule has 0 radical (unpaired) electrons. The second-order valence-corrected chi connectivity index (χ2v) is 7.24. The van der Waals surface area contributed by atoms with Crippen LogP contribution in [0, 0.1) is 0 Å². The summed E-state index contributed by atoms with van der Waals surface area (Å²) in [5.74, 6) is 0.882. The monoisotopic (exact) mass is 436 g/mol. The molecule has 0 unspecified atom stereocenters. The summed E-state index contributed by atoms with van der Waals surface area (Å²) in [6.07, 6.45) is 9.32. The number of hydrogen-bond acceptors (Lipinski definition) is 5. The maximum absolute atomic E-state index is 11.8. The number of rotatable bonds is 10. The topological polar surface area (TPSA) is 75.6 Å². The standard InChI is InChI=1S/C24H28N4O2S/c1-6-9-11-17(7-2)18-14-20(19-12-10-13-27-23(19)30-5)22(21(15-18)25-4)31-16-28-24(29)26-8-3/h6-7,9-15H,1,4,8,16H2,2-3,5H3,(H2,26,28,29)/b11-9-,17-7+. The van der Waals surface area contributed by atoms with Crippen LogP contribution in [0.25, 0.3) is 16.7 Å². The van der Waals surface area contributed by atoms with Gasteiger partial charge in [-0.25, -0.2) is 9.78 Å². The van der Waals surface area contributed by atoms with Gasteiger partial charge in [-0.05, 0) is 56.0 Å². The number of amides is 2. The zero-order valence-corrected chi connectivity index (χ0v) is 19.0. The van der Waals surface area contributed by atoms with Crippen LogP contribution >= 0.6 is 11.8 Å². The van der Waals surface area contributed by atoms with Crippen LogP contribution < -0.4 is 15.4 Å². The Morgan fingerprint density at radius 3 is 2.77 bits per heavy atom. The van der Waals surface area contributed by atoms with Gasteiger partial charge in [-0.3, -0.25) is 4.99 Å². The maximum atomic E-state index is 11.8. The minimum Gasteiger partial charge on any atom is -0.481 e. The second-order valence-electron chi connectivity index (χ2n) is 6.25. The van der Waals surface area contributed by atoms with E-state index in [0.717, 1.165) is 27.2 Å². The van der Waals surface area contributed by atoms with E-state index in [1.54, 1.807) is 19.4 Å². The quantitative estimate of drug-likeness (QED) is 0.220. The molecule has 0 spiro atoms.